The molecule has 0 heterocycles. The summed E-state index contributed by atoms with van der Waals surface area (Å²) in [4.78, 5) is 12.0. The number of amides is 1. The van der Waals surface area contributed by atoms with Gasteiger partial charge in [0.05, 0.1) is 0 Å². The fourth-order valence-electron chi connectivity index (χ4n) is 1.91. The molecular weight excluding hydrogens is 256 g/mol. The highest BCUT2D eigenvalue weighted by Crippen LogP contribution is 2.16. The molecule has 0 saturated heterocycles. The second kappa shape index (κ2) is 8.10. The zero-order valence-corrected chi connectivity index (χ0v) is 13.1. The molecule has 1 amide bonds. The molecule has 19 heavy (non-hydrogen) atoms. The molecule has 3 nitrogen and oxygen atoms in total. The number of hydrogen-bond acceptors (Lipinski definition) is 3. The molecule has 1 aromatic carbocycles. The van der Waals surface area contributed by atoms with Gasteiger partial charge in [-0.1, -0.05) is 6.92 Å². The first kappa shape index (κ1) is 15.9. The molecule has 0 spiro atoms. The number of hydrogen-bond donors (Lipinski definition) is 2. The van der Waals surface area contributed by atoms with E-state index in [4.69, 9.17) is 0 Å². The predicted molar refractivity (Wildman–Crippen MR) is 85.2 cm³/mol. The molecule has 0 aliphatic carbocycles. The summed E-state index contributed by atoms with van der Waals surface area (Å²) in [5.74, 6) is 1.58. The molecule has 4 heteroatoms. The van der Waals surface area contributed by atoms with Crippen LogP contribution in [0.3, 0.4) is 0 Å². The fraction of sp³-hybridized carbons (Fsp3) is 0.533. The van der Waals surface area contributed by atoms with Crippen molar-refractivity contribution in [3.05, 3.63) is 29.3 Å². The summed E-state index contributed by atoms with van der Waals surface area (Å²) in [6.45, 7) is 7.85. The van der Waals surface area contributed by atoms with Crippen LogP contribution in [0.25, 0.3) is 0 Å². The highest BCUT2D eigenvalue weighted by molar-refractivity contribution is 7.98. The number of rotatable bonds is 7. The Kier molecular flexibility index (Phi) is 6.78. The second-order valence-electron chi connectivity index (χ2n) is 4.83. The maximum Gasteiger partial charge on any atom is 0.251 e. The third-order valence-corrected chi connectivity index (χ3v) is 3.82. The van der Waals surface area contributed by atoms with Crippen LogP contribution in [0.5, 0.6) is 0 Å². The van der Waals surface area contributed by atoms with Crippen molar-refractivity contribution in [3.63, 3.8) is 0 Å². The van der Waals surface area contributed by atoms with Gasteiger partial charge in [-0.2, -0.15) is 11.8 Å². The van der Waals surface area contributed by atoms with Crippen LogP contribution in [0.4, 0.5) is 5.69 Å². The van der Waals surface area contributed by atoms with Gasteiger partial charge in [0.2, 0.25) is 0 Å². The molecule has 1 rings (SSSR count). The third kappa shape index (κ3) is 5.15. The van der Waals surface area contributed by atoms with Gasteiger partial charge in [-0.25, -0.2) is 0 Å². The number of carbonyl (C=O) groups excluding carboxylic acids is 1. The molecular formula is C15H24N2OS. The Morgan fingerprint density at radius 1 is 1.42 bits per heavy atom. The molecule has 1 unspecified atom stereocenters. The number of anilines is 1. The predicted octanol–water partition coefficient (Wildman–Crippen LogP) is 3.16. The minimum absolute atomic E-state index is 0.0131. The van der Waals surface area contributed by atoms with Crippen LogP contribution in [0.15, 0.2) is 18.2 Å². The number of thioether (sulfide) groups is 1. The van der Waals surface area contributed by atoms with E-state index in [1.807, 2.05) is 36.9 Å². The summed E-state index contributed by atoms with van der Waals surface area (Å²) in [6, 6.07) is 5.78. The van der Waals surface area contributed by atoms with E-state index >= 15 is 0 Å². The van der Waals surface area contributed by atoms with Crippen LogP contribution in [-0.2, 0) is 0 Å². The van der Waals surface area contributed by atoms with Gasteiger partial charge in [0.25, 0.3) is 5.91 Å². The molecule has 0 saturated carbocycles. The third-order valence-electron chi connectivity index (χ3n) is 2.92. The van der Waals surface area contributed by atoms with Crippen molar-refractivity contribution in [2.45, 2.75) is 20.8 Å². The standard InChI is InChI=1S/C15H24N2OS/c1-5-16-14-7-6-13(8-12(14)3)15(18)17-9-11(2)10-19-4/h6-8,11,16H,5,9-10H2,1-4H3,(H,17,18). The summed E-state index contributed by atoms with van der Waals surface area (Å²) in [6.07, 6.45) is 2.08. The highest BCUT2D eigenvalue weighted by atomic mass is 32.2. The van der Waals surface area contributed by atoms with Crippen molar-refractivity contribution >= 4 is 23.4 Å². The van der Waals surface area contributed by atoms with Gasteiger partial charge in [-0.05, 0) is 55.5 Å². The Bertz CT molecular complexity index is 421. The molecule has 0 aliphatic rings. The van der Waals surface area contributed by atoms with Crippen molar-refractivity contribution in [1.82, 2.24) is 5.32 Å². The van der Waals surface area contributed by atoms with E-state index in [0.717, 1.165) is 35.7 Å². The van der Waals surface area contributed by atoms with Crippen LogP contribution in [0.1, 0.15) is 29.8 Å². The van der Waals surface area contributed by atoms with E-state index in [1.54, 1.807) is 0 Å². The lowest BCUT2D eigenvalue weighted by atomic mass is 10.1. The van der Waals surface area contributed by atoms with E-state index in [-0.39, 0.29) is 5.91 Å². The van der Waals surface area contributed by atoms with E-state index in [2.05, 4.69) is 30.7 Å². The van der Waals surface area contributed by atoms with Crippen molar-refractivity contribution in [2.75, 3.05) is 30.4 Å². The molecule has 0 aliphatic heterocycles. The van der Waals surface area contributed by atoms with Crippen LogP contribution in [0, 0.1) is 12.8 Å². The lowest BCUT2D eigenvalue weighted by Gasteiger charge is -2.13. The molecule has 0 radical (unpaired) electrons. The van der Waals surface area contributed by atoms with E-state index in [1.165, 1.54) is 0 Å². The molecule has 106 valence electrons. The zero-order chi connectivity index (χ0) is 14.3. The fourth-order valence-corrected chi connectivity index (χ4v) is 2.59. The quantitative estimate of drug-likeness (QED) is 0.806. The van der Waals surface area contributed by atoms with Crippen LogP contribution >= 0.6 is 11.8 Å². The van der Waals surface area contributed by atoms with Gasteiger partial charge in [0, 0.05) is 24.3 Å². The first-order valence-electron chi connectivity index (χ1n) is 6.70. The minimum Gasteiger partial charge on any atom is -0.385 e. The Morgan fingerprint density at radius 2 is 2.16 bits per heavy atom. The number of carbonyl (C=O) groups is 1. The Hall–Kier alpha value is -1.16. The Labute approximate surface area is 120 Å². The van der Waals surface area contributed by atoms with Gasteiger partial charge >= 0.3 is 0 Å². The van der Waals surface area contributed by atoms with Gasteiger partial charge < -0.3 is 10.6 Å². The first-order valence-corrected chi connectivity index (χ1v) is 8.09. The monoisotopic (exact) mass is 280 g/mol. The van der Waals surface area contributed by atoms with Gasteiger partial charge in [-0.15, -0.1) is 0 Å². The summed E-state index contributed by atoms with van der Waals surface area (Å²) in [7, 11) is 0. The molecule has 1 aromatic rings. The van der Waals surface area contributed by atoms with Crippen molar-refractivity contribution < 1.29 is 4.79 Å². The second-order valence-corrected chi connectivity index (χ2v) is 5.74. The van der Waals surface area contributed by atoms with Crippen molar-refractivity contribution in [1.29, 1.82) is 0 Å². The zero-order valence-electron chi connectivity index (χ0n) is 12.2. The molecule has 0 aromatic heterocycles. The van der Waals surface area contributed by atoms with Crippen molar-refractivity contribution in [3.8, 4) is 0 Å². The Morgan fingerprint density at radius 3 is 2.74 bits per heavy atom. The summed E-state index contributed by atoms with van der Waals surface area (Å²) in [5.41, 5.74) is 2.93. The molecule has 0 fully saturated rings. The lowest BCUT2D eigenvalue weighted by molar-refractivity contribution is 0.0949. The van der Waals surface area contributed by atoms with Crippen LogP contribution in [0.2, 0.25) is 0 Å². The maximum absolute atomic E-state index is 12.0. The van der Waals surface area contributed by atoms with Crippen molar-refractivity contribution in [2.24, 2.45) is 5.92 Å². The normalized spacial score (nSPS) is 12.0. The summed E-state index contributed by atoms with van der Waals surface area (Å²) >= 11 is 1.81. The molecule has 0 bridgehead atoms. The number of nitrogens with one attached hydrogen (secondary N) is 2. The van der Waals surface area contributed by atoms with Crippen LogP contribution in [-0.4, -0.2) is 31.0 Å². The smallest absolute Gasteiger partial charge is 0.251 e. The van der Waals surface area contributed by atoms with E-state index < -0.39 is 0 Å². The van der Waals surface area contributed by atoms with Gasteiger partial charge in [0.1, 0.15) is 0 Å². The SMILES string of the molecule is CCNc1ccc(C(=O)NCC(C)CSC)cc1C. The van der Waals surface area contributed by atoms with Gasteiger partial charge in [0.15, 0.2) is 0 Å². The number of benzene rings is 1. The van der Waals surface area contributed by atoms with E-state index in [0.29, 0.717) is 5.92 Å². The summed E-state index contributed by atoms with van der Waals surface area (Å²) < 4.78 is 0. The minimum atomic E-state index is 0.0131. The maximum atomic E-state index is 12.0. The first-order chi connectivity index (χ1) is 9.08. The average molecular weight is 280 g/mol. The summed E-state index contributed by atoms with van der Waals surface area (Å²) in [5, 5.41) is 6.26. The largest absolute Gasteiger partial charge is 0.385 e. The topological polar surface area (TPSA) is 41.1 Å². The molecule has 2 N–H and O–H groups in total. The Balaban J connectivity index is 2.60. The lowest BCUT2D eigenvalue weighted by Crippen LogP contribution is -2.29. The molecule has 1 atom stereocenters. The number of aryl methyl sites for hydroxylation is 1. The van der Waals surface area contributed by atoms with E-state index in [9.17, 15) is 4.79 Å². The highest BCUT2D eigenvalue weighted by Gasteiger charge is 2.09. The van der Waals surface area contributed by atoms with Crippen LogP contribution < -0.4 is 10.6 Å². The average Bonchev–Trinajstić information content (AvgIpc) is 2.39. The van der Waals surface area contributed by atoms with Gasteiger partial charge in [-0.3, -0.25) is 4.79 Å².